The van der Waals surface area contributed by atoms with Crippen LogP contribution < -0.4 is 5.73 Å². The third-order valence-electron chi connectivity index (χ3n) is 1.98. The van der Waals surface area contributed by atoms with Crippen LogP contribution in [0.2, 0.25) is 0 Å². The van der Waals surface area contributed by atoms with Crippen LogP contribution in [0, 0.1) is 0 Å². The summed E-state index contributed by atoms with van der Waals surface area (Å²) in [6.45, 7) is 3.66. The van der Waals surface area contributed by atoms with Gasteiger partial charge >= 0.3 is 0 Å². The molecule has 0 aliphatic heterocycles. The van der Waals surface area contributed by atoms with Gasteiger partial charge in [0.2, 0.25) is 0 Å². The first-order valence-electron chi connectivity index (χ1n) is 4.19. The molecular formula is C10H12BrF2N. The predicted octanol–water partition coefficient (Wildman–Crippen LogP) is 3.58. The van der Waals surface area contributed by atoms with Crippen molar-refractivity contribution in [2.24, 2.45) is 5.73 Å². The first-order chi connectivity index (χ1) is 6.32. The topological polar surface area (TPSA) is 26.0 Å². The third kappa shape index (κ3) is 2.51. The van der Waals surface area contributed by atoms with Gasteiger partial charge in [-0.1, -0.05) is 28.1 Å². The number of rotatable bonds is 2. The molecule has 1 aromatic carbocycles. The Bertz CT molecular complexity index is 331. The van der Waals surface area contributed by atoms with Gasteiger partial charge in [-0.15, -0.1) is 0 Å². The Balaban J connectivity index is 3.13. The van der Waals surface area contributed by atoms with Crippen LogP contribution in [0.4, 0.5) is 8.78 Å². The minimum absolute atomic E-state index is 0.00185. The van der Waals surface area contributed by atoms with Crippen molar-refractivity contribution in [1.82, 2.24) is 0 Å². The molecule has 0 aromatic heterocycles. The van der Waals surface area contributed by atoms with E-state index in [0.717, 1.165) is 5.56 Å². The highest BCUT2D eigenvalue weighted by atomic mass is 79.9. The lowest BCUT2D eigenvalue weighted by molar-refractivity contribution is 0.150. The quantitative estimate of drug-likeness (QED) is 0.868. The average Bonchev–Trinajstić information content (AvgIpc) is 2.01. The van der Waals surface area contributed by atoms with Crippen LogP contribution in [-0.2, 0) is 5.54 Å². The zero-order chi connectivity index (χ0) is 10.9. The van der Waals surface area contributed by atoms with Crippen LogP contribution in [0.15, 0.2) is 22.7 Å². The predicted molar refractivity (Wildman–Crippen MR) is 56.3 cm³/mol. The lowest BCUT2D eigenvalue weighted by Gasteiger charge is -2.20. The number of hydrogen-bond donors (Lipinski definition) is 1. The number of halogens is 3. The van der Waals surface area contributed by atoms with E-state index in [1.807, 2.05) is 13.8 Å². The highest BCUT2D eigenvalue weighted by molar-refractivity contribution is 9.10. The van der Waals surface area contributed by atoms with Crippen LogP contribution in [0.25, 0.3) is 0 Å². The Morgan fingerprint density at radius 3 is 2.29 bits per heavy atom. The molecule has 1 aromatic rings. The molecule has 0 heterocycles. The van der Waals surface area contributed by atoms with Crippen LogP contribution in [0.1, 0.15) is 31.4 Å². The SMILES string of the molecule is CC(C)(N)c1ccc(C(F)F)c(Br)c1. The molecule has 14 heavy (non-hydrogen) atoms. The van der Waals surface area contributed by atoms with Crippen molar-refractivity contribution < 1.29 is 8.78 Å². The molecule has 0 saturated carbocycles. The normalized spacial score (nSPS) is 12.2. The van der Waals surface area contributed by atoms with Gasteiger partial charge in [0.25, 0.3) is 6.43 Å². The summed E-state index contributed by atoms with van der Waals surface area (Å²) in [7, 11) is 0. The molecule has 4 heteroatoms. The Labute approximate surface area is 90.4 Å². The van der Waals surface area contributed by atoms with Crippen molar-refractivity contribution >= 4 is 15.9 Å². The summed E-state index contributed by atoms with van der Waals surface area (Å²) >= 11 is 3.10. The Morgan fingerprint density at radius 1 is 1.36 bits per heavy atom. The van der Waals surface area contributed by atoms with Crippen LogP contribution in [-0.4, -0.2) is 0 Å². The highest BCUT2D eigenvalue weighted by Crippen LogP contribution is 2.30. The number of alkyl halides is 2. The Hall–Kier alpha value is -0.480. The standard InChI is InChI=1S/C10H12BrF2N/c1-10(2,14)6-3-4-7(9(12)13)8(11)5-6/h3-5,9H,14H2,1-2H3. The van der Waals surface area contributed by atoms with E-state index in [1.54, 1.807) is 12.1 Å². The lowest BCUT2D eigenvalue weighted by atomic mass is 9.95. The van der Waals surface area contributed by atoms with Gasteiger partial charge in [0, 0.05) is 15.6 Å². The van der Waals surface area contributed by atoms with Crippen molar-refractivity contribution in [3.63, 3.8) is 0 Å². The molecule has 0 saturated heterocycles. The van der Waals surface area contributed by atoms with Gasteiger partial charge in [-0.3, -0.25) is 0 Å². The summed E-state index contributed by atoms with van der Waals surface area (Å²) in [6.07, 6.45) is -2.46. The van der Waals surface area contributed by atoms with Gasteiger partial charge in [0.1, 0.15) is 0 Å². The van der Waals surface area contributed by atoms with Gasteiger partial charge < -0.3 is 5.73 Å². The fraction of sp³-hybridized carbons (Fsp3) is 0.400. The van der Waals surface area contributed by atoms with Crippen molar-refractivity contribution in [3.05, 3.63) is 33.8 Å². The number of nitrogens with two attached hydrogens (primary N) is 1. The first-order valence-corrected chi connectivity index (χ1v) is 4.98. The van der Waals surface area contributed by atoms with E-state index in [1.165, 1.54) is 6.07 Å². The number of benzene rings is 1. The van der Waals surface area contributed by atoms with Gasteiger partial charge in [-0.2, -0.15) is 0 Å². The molecule has 0 bridgehead atoms. The summed E-state index contributed by atoms with van der Waals surface area (Å²) in [5, 5.41) is 0. The first kappa shape index (κ1) is 11.6. The maximum Gasteiger partial charge on any atom is 0.264 e. The summed E-state index contributed by atoms with van der Waals surface area (Å²) in [6, 6.07) is 4.67. The molecule has 78 valence electrons. The van der Waals surface area contributed by atoms with Crippen molar-refractivity contribution in [2.45, 2.75) is 25.8 Å². The maximum atomic E-state index is 12.4. The molecule has 0 aliphatic carbocycles. The molecule has 1 rings (SSSR count). The van der Waals surface area contributed by atoms with E-state index in [2.05, 4.69) is 15.9 Å². The van der Waals surface area contributed by atoms with Crippen LogP contribution in [0.3, 0.4) is 0 Å². The van der Waals surface area contributed by atoms with Gasteiger partial charge in [-0.05, 0) is 25.5 Å². The fourth-order valence-electron chi connectivity index (χ4n) is 1.10. The van der Waals surface area contributed by atoms with Crippen LogP contribution in [0.5, 0.6) is 0 Å². The monoisotopic (exact) mass is 263 g/mol. The third-order valence-corrected chi connectivity index (χ3v) is 2.67. The van der Waals surface area contributed by atoms with E-state index >= 15 is 0 Å². The highest BCUT2D eigenvalue weighted by Gasteiger charge is 2.17. The lowest BCUT2D eigenvalue weighted by Crippen LogP contribution is -2.28. The maximum absolute atomic E-state index is 12.4. The molecule has 0 aliphatic rings. The molecular weight excluding hydrogens is 252 g/mol. The largest absolute Gasteiger partial charge is 0.322 e. The molecule has 1 nitrogen and oxygen atoms in total. The van der Waals surface area contributed by atoms with Gasteiger partial charge in [0.05, 0.1) is 0 Å². The van der Waals surface area contributed by atoms with Crippen LogP contribution >= 0.6 is 15.9 Å². The molecule has 0 unspecified atom stereocenters. The van der Waals surface area contributed by atoms with Crippen molar-refractivity contribution in [2.75, 3.05) is 0 Å². The summed E-state index contributed by atoms with van der Waals surface area (Å²) in [4.78, 5) is 0. The summed E-state index contributed by atoms with van der Waals surface area (Å²) in [5.41, 5.74) is 6.16. The van der Waals surface area contributed by atoms with E-state index in [0.29, 0.717) is 4.47 Å². The zero-order valence-electron chi connectivity index (χ0n) is 8.02. The van der Waals surface area contributed by atoms with E-state index in [-0.39, 0.29) is 5.56 Å². The van der Waals surface area contributed by atoms with E-state index in [4.69, 9.17) is 5.73 Å². The molecule has 0 atom stereocenters. The summed E-state index contributed by atoms with van der Waals surface area (Å²) < 4.78 is 25.2. The Morgan fingerprint density at radius 2 is 1.93 bits per heavy atom. The molecule has 0 fully saturated rings. The second-order valence-electron chi connectivity index (χ2n) is 3.76. The molecule has 0 radical (unpaired) electrons. The Kier molecular flexibility index (Phi) is 3.27. The van der Waals surface area contributed by atoms with Crippen molar-refractivity contribution in [3.8, 4) is 0 Å². The zero-order valence-corrected chi connectivity index (χ0v) is 9.61. The van der Waals surface area contributed by atoms with E-state index in [9.17, 15) is 8.78 Å². The second kappa shape index (κ2) is 3.95. The minimum Gasteiger partial charge on any atom is -0.322 e. The smallest absolute Gasteiger partial charge is 0.264 e. The molecule has 0 spiro atoms. The number of hydrogen-bond acceptors (Lipinski definition) is 1. The van der Waals surface area contributed by atoms with Crippen molar-refractivity contribution in [1.29, 1.82) is 0 Å². The minimum atomic E-state index is -2.46. The molecule has 0 amide bonds. The second-order valence-corrected chi connectivity index (χ2v) is 4.61. The summed E-state index contributed by atoms with van der Waals surface area (Å²) in [5.74, 6) is 0. The molecule has 2 N–H and O–H groups in total. The van der Waals surface area contributed by atoms with Gasteiger partial charge in [0.15, 0.2) is 0 Å². The van der Waals surface area contributed by atoms with Gasteiger partial charge in [-0.25, -0.2) is 8.78 Å². The fourth-order valence-corrected chi connectivity index (χ4v) is 1.66. The average molecular weight is 264 g/mol. The van der Waals surface area contributed by atoms with E-state index < -0.39 is 12.0 Å².